The molecule has 0 unspecified atom stereocenters. The second-order valence-electron chi connectivity index (χ2n) is 10.9. The summed E-state index contributed by atoms with van der Waals surface area (Å²) in [6.07, 6.45) is 3.49. The number of pyridine rings is 2. The number of hydrogen-bond donors (Lipinski definition) is 1. The average Bonchev–Trinajstić information content (AvgIpc) is 3.58. The van der Waals surface area contributed by atoms with Crippen LogP contribution in [0.4, 0.5) is 15.9 Å². The number of halogens is 2. The quantitative estimate of drug-likeness (QED) is 0.482. The first kappa shape index (κ1) is 25.5. The molecule has 1 N–H and O–H groups in total. The van der Waals surface area contributed by atoms with E-state index in [2.05, 4.69) is 38.1 Å². The lowest BCUT2D eigenvalue weighted by molar-refractivity contribution is -0.117. The molecule has 1 aromatic carbocycles. The normalized spacial score (nSPS) is 29.5. The number of amides is 1. The molecular formula is C29H33ClFN5O2. The monoisotopic (exact) mass is 537 g/mol. The number of anilines is 2. The van der Waals surface area contributed by atoms with Crippen molar-refractivity contribution in [2.24, 2.45) is 11.8 Å². The lowest BCUT2D eigenvalue weighted by Crippen LogP contribution is -2.59. The smallest absolute Gasteiger partial charge is 0.229 e. The third-order valence-corrected chi connectivity index (χ3v) is 8.99. The summed E-state index contributed by atoms with van der Waals surface area (Å²) in [5.74, 6) is 0.864. The van der Waals surface area contributed by atoms with Gasteiger partial charge >= 0.3 is 0 Å². The van der Waals surface area contributed by atoms with E-state index >= 15 is 0 Å². The number of nitrogens with one attached hydrogen (secondary N) is 1. The fourth-order valence-corrected chi connectivity index (χ4v) is 6.57. The van der Waals surface area contributed by atoms with Crippen LogP contribution < -0.4 is 10.2 Å². The zero-order valence-corrected chi connectivity index (χ0v) is 22.5. The molecule has 0 spiro atoms. The Hall–Kier alpha value is -2.81. The molecule has 3 aromatic rings. The van der Waals surface area contributed by atoms with Gasteiger partial charge < -0.3 is 15.0 Å². The van der Waals surface area contributed by atoms with Crippen LogP contribution in [-0.2, 0) is 9.53 Å². The second-order valence-corrected chi connectivity index (χ2v) is 11.3. The molecule has 9 heteroatoms. The Bertz CT molecular complexity index is 1340. The van der Waals surface area contributed by atoms with Crippen molar-refractivity contribution in [1.29, 1.82) is 0 Å². The molecule has 0 radical (unpaired) electrons. The Morgan fingerprint density at radius 3 is 2.68 bits per heavy atom. The van der Waals surface area contributed by atoms with Crippen molar-refractivity contribution in [3.8, 4) is 0 Å². The van der Waals surface area contributed by atoms with Crippen LogP contribution in [0.3, 0.4) is 0 Å². The van der Waals surface area contributed by atoms with Crippen LogP contribution in [0.2, 0.25) is 5.02 Å². The van der Waals surface area contributed by atoms with Gasteiger partial charge in [0.2, 0.25) is 5.91 Å². The maximum absolute atomic E-state index is 14.5. The number of piperazine rings is 1. The fourth-order valence-electron chi connectivity index (χ4n) is 6.28. The highest BCUT2D eigenvalue weighted by Gasteiger charge is 2.55. The highest BCUT2D eigenvalue weighted by molar-refractivity contribution is 6.34. The number of carbonyl (C=O) groups is 1. The van der Waals surface area contributed by atoms with E-state index in [0.717, 1.165) is 54.8 Å². The lowest BCUT2D eigenvalue weighted by Gasteiger charge is -2.44. The minimum Gasteiger partial charge on any atom is -0.376 e. The summed E-state index contributed by atoms with van der Waals surface area (Å²) < 4.78 is 19.9. The molecule has 38 heavy (non-hydrogen) atoms. The Morgan fingerprint density at radius 2 is 2.00 bits per heavy atom. The van der Waals surface area contributed by atoms with E-state index in [9.17, 15) is 9.18 Å². The van der Waals surface area contributed by atoms with Crippen molar-refractivity contribution in [2.75, 3.05) is 49.6 Å². The number of carbonyl (C=O) groups excluding carboxylic acids is 1. The van der Waals surface area contributed by atoms with Crippen LogP contribution in [0, 0.1) is 11.8 Å². The number of fused-ring (bicyclic) bond motifs is 1. The predicted molar refractivity (Wildman–Crippen MR) is 148 cm³/mol. The van der Waals surface area contributed by atoms with Crippen LogP contribution in [0.15, 0.2) is 48.8 Å². The Morgan fingerprint density at radius 1 is 1.18 bits per heavy atom. The zero-order valence-electron chi connectivity index (χ0n) is 21.7. The van der Waals surface area contributed by atoms with Gasteiger partial charge in [-0.25, -0.2) is 9.37 Å². The maximum Gasteiger partial charge on any atom is 0.229 e. The molecular weight excluding hydrogens is 505 g/mol. The van der Waals surface area contributed by atoms with Crippen LogP contribution >= 0.6 is 11.6 Å². The SMILES string of the molecule is CC[C@@H]1[C@@H](C(=O)Nc2cc3cc(N4CCN([C@@]5(C)COC[C@H]5F)CC4)c(Cl)cc3cn2)[C@@H]1c1ccccn1. The van der Waals surface area contributed by atoms with Crippen molar-refractivity contribution in [3.05, 3.63) is 59.5 Å². The minimum atomic E-state index is -0.970. The molecule has 2 aliphatic heterocycles. The van der Waals surface area contributed by atoms with Crippen LogP contribution in [0.1, 0.15) is 31.9 Å². The summed E-state index contributed by atoms with van der Waals surface area (Å²) in [7, 11) is 0. The summed E-state index contributed by atoms with van der Waals surface area (Å²) in [4.78, 5) is 26.6. The summed E-state index contributed by atoms with van der Waals surface area (Å²) >= 11 is 6.69. The molecule has 2 saturated heterocycles. The van der Waals surface area contributed by atoms with E-state index < -0.39 is 11.7 Å². The lowest BCUT2D eigenvalue weighted by atomic mass is 9.96. The molecule has 1 amide bonds. The number of ether oxygens (including phenoxy) is 1. The Balaban J connectivity index is 1.16. The van der Waals surface area contributed by atoms with Crippen molar-refractivity contribution < 1.29 is 13.9 Å². The van der Waals surface area contributed by atoms with Crippen LogP contribution in [-0.4, -0.2) is 71.9 Å². The molecule has 3 aliphatic rings. The predicted octanol–water partition coefficient (Wildman–Crippen LogP) is 4.91. The van der Waals surface area contributed by atoms with Gasteiger partial charge in [0.05, 0.1) is 35.4 Å². The van der Waals surface area contributed by atoms with Crippen molar-refractivity contribution in [3.63, 3.8) is 0 Å². The molecule has 200 valence electrons. The number of benzene rings is 1. The van der Waals surface area contributed by atoms with Crippen molar-refractivity contribution >= 4 is 39.8 Å². The van der Waals surface area contributed by atoms with Crippen LogP contribution in [0.25, 0.3) is 10.8 Å². The summed E-state index contributed by atoms with van der Waals surface area (Å²) in [5, 5.41) is 5.57. The standard InChI is InChI=1S/C29H33ClFN5O2/c1-3-20-26(22-6-4-5-7-32-22)27(20)28(37)34-25-14-18-13-23(21(30)12-19(18)15-33-25)35-8-10-36(11-9-35)29(2)17-38-16-24(29)31/h4-7,12-15,20,24,26-27H,3,8-11,16-17H2,1-2H3,(H,33,34,37)/t20-,24+,26-,27+,29-/m0/s1. The molecule has 3 fully saturated rings. The van der Waals surface area contributed by atoms with Gasteiger partial charge in [-0.1, -0.05) is 31.0 Å². The summed E-state index contributed by atoms with van der Waals surface area (Å²) in [6.45, 7) is 7.64. The van der Waals surface area contributed by atoms with Gasteiger partial charge in [-0.15, -0.1) is 0 Å². The van der Waals surface area contributed by atoms with Gasteiger partial charge in [-0.3, -0.25) is 14.7 Å². The minimum absolute atomic E-state index is 0.0137. The van der Waals surface area contributed by atoms with Crippen molar-refractivity contribution in [1.82, 2.24) is 14.9 Å². The van der Waals surface area contributed by atoms with Gasteiger partial charge in [-0.2, -0.15) is 0 Å². The third-order valence-electron chi connectivity index (χ3n) is 8.69. The zero-order chi connectivity index (χ0) is 26.4. The number of alkyl halides is 1. The molecule has 1 aliphatic carbocycles. The molecule has 6 rings (SSSR count). The summed E-state index contributed by atoms with van der Waals surface area (Å²) in [5.41, 5.74) is 1.35. The van der Waals surface area contributed by atoms with E-state index in [-0.39, 0.29) is 24.3 Å². The van der Waals surface area contributed by atoms with Crippen molar-refractivity contribution in [2.45, 2.75) is 37.9 Å². The van der Waals surface area contributed by atoms with Gasteiger partial charge in [0.25, 0.3) is 0 Å². The maximum atomic E-state index is 14.5. The number of hydrogen-bond acceptors (Lipinski definition) is 6. The molecule has 4 heterocycles. The number of aromatic nitrogens is 2. The van der Waals surface area contributed by atoms with Gasteiger partial charge in [0.1, 0.15) is 12.0 Å². The largest absolute Gasteiger partial charge is 0.376 e. The first-order chi connectivity index (χ1) is 18.4. The van der Waals surface area contributed by atoms with E-state index in [1.54, 1.807) is 12.4 Å². The molecule has 7 nitrogen and oxygen atoms in total. The van der Waals surface area contributed by atoms with E-state index in [1.807, 2.05) is 37.3 Å². The second kappa shape index (κ2) is 10.1. The first-order valence-corrected chi connectivity index (χ1v) is 13.8. The van der Waals surface area contributed by atoms with E-state index in [0.29, 0.717) is 23.4 Å². The molecule has 1 saturated carbocycles. The molecule has 5 atom stereocenters. The Labute approximate surface area is 227 Å². The van der Waals surface area contributed by atoms with E-state index in [1.165, 1.54) is 0 Å². The van der Waals surface area contributed by atoms with Gasteiger partial charge in [0.15, 0.2) is 0 Å². The number of nitrogens with zero attached hydrogens (tertiary/aromatic N) is 4. The molecule has 2 aromatic heterocycles. The topological polar surface area (TPSA) is 70.6 Å². The highest BCUT2D eigenvalue weighted by Crippen LogP contribution is 2.55. The van der Waals surface area contributed by atoms with E-state index in [4.69, 9.17) is 16.3 Å². The highest BCUT2D eigenvalue weighted by atomic mass is 35.5. The van der Waals surface area contributed by atoms with Gasteiger partial charge in [0, 0.05) is 55.6 Å². The number of rotatable bonds is 6. The molecule has 0 bridgehead atoms. The third kappa shape index (κ3) is 4.52. The van der Waals surface area contributed by atoms with Gasteiger partial charge in [-0.05, 0) is 48.6 Å². The first-order valence-electron chi connectivity index (χ1n) is 13.4. The average molecular weight is 538 g/mol. The van der Waals surface area contributed by atoms with Crippen LogP contribution in [0.5, 0.6) is 0 Å². The Kier molecular flexibility index (Phi) is 6.74. The fraction of sp³-hybridized carbons (Fsp3) is 0.483. The summed E-state index contributed by atoms with van der Waals surface area (Å²) in [6, 6.07) is 11.8.